The van der Waals surface area contributed by atoms with Gasteiger partial charge in [0.1, 0.15) is 5.69 Å². The third-order valence-corrected chi connectivity index (χ3v) is 3.82. The first-order valence-electron chi connectivity index (χ1n) is 7.71. The third kappa shape index (κ3) is 3.08. The minimum Gasteiger partial charge on any atom is -0.351 e. The van der Waals surface area contributed by atoms with Crippen molar-refractivity contribution in [1.29, 1.82) is 0 Å². The SMILES string of the molecule is CCCNC(=O)c1ccnc(N2CCc3ccccc3C2)n1. The molecule has 0 radical (unpaired) electrons. The van der Waals surface area contributed by atoms with Crippen LogP contribution < -0.4 is 10.2 Å². The van der Waals surface area contributed by atoms with E-state index >= 15 is 0 Å². The third-order valence-electron chi connectivity index (χ3n) is 3.82. The van der Waals surface area contributed by atoms with Crippen molar-refractivity contribution in [1.82, 2.24) is 15.3 Å². The summed E-state index contributed by atoms with van der Waals surface area (Å²) in [5.41, 5.74) is 3.12. The molecule has 0 bridgehead atoms. The van der Waals surface area contributed by atoms with Crippen LogP contribution in [0, 0.1) is 0 Å². The summed E-state index contributed by atoms with van der Waals surface area (Å²) >= 11 is 0. The van der Waals surface area contributed by atoms with Crippen LogP contribution in [-0.2, 0) is 13.0 Å². The first kappa shape index (κ1) is 14.5. The molecule has 0 saturated heterocycles. The Balaban J connectivity index is 1.77. The molecule has 1 aliphatic heterocycles. The first-order chi connectivity index (χ1) is 10.8. The molecular formula is C17H20N4O. The molecule has 0 saturated carbocycles. The van der Waals surface area contributed by atoms with Crippen LogP contribution in [0.5, 0.6) is 0 Å². The molecule has 1 N–H and O–H groups in total. The van der Waals surface area contributed by atoms with Crippen LogP contribution in [0.3, 0.4) is 0 Å². The second kappa shape index (κ2) is 6.56. The standard InChI is InChI=1S/C17H20N4O/c1-2-9-18-16(22)15-7-10-19-17(20-15)21-11-8-13-5-3-4-6-14(13)12-21/h3-7,10H,2,8-9,11-12H2,1H3,(H,18,22). The van der Waals surface area contributed by atoms with Gasteiger partial charge in [0, 0.05) is 25.8 Å². The Kier molecular flexibility index (Phi) is 4.32. The van der Waals surface area contributed by atoms with Crippen molar-refractivity contribution in [3.8, 4) is 0 Å². The molecule has 22 heavy (non-hydrogen) atoms. The van der Waals surface area contributed by atoms with E-state index in [1.165, 1.54) is 11.1 Å². The van der Waals surface area contributed by atoms with Gasteiger partial charge in [0.05, 0.1) is 0 Å². The van der Waals surface area contributed by atoms with Gasteiger partial charge in [0.2, 0.25) is 5.95 Å². The lowest BCUT2D eigenvalue weighted by atomic mass is 10.0. The van der Waals surface area contributed by atoms with Crippen LogP contribution >= 0.6 is 0 Å². The lowest BCUT2D eigenvalue weighted by Gasteiger charge is -2.28. The van der Waals surface area contributed by atoms with E-state index in [0.29, 0.717) is 18.2 Å². The molecule has 0 fully saturated rings. The van der Waals surface area contributed by atoms with Crippen LogP contribution in [0.2, 0.25) is 0 Å². The van der Waals surface area contributed by atoms with Gasteiger partial charge < -0.3 is 10.2 Å². The van der Waals surface area contributed by atoms with Crippen molar-refractivity contribution >= 4 is 11.9 Å². The van der Waals surface area contributed by atoms with E-state index in [4.69, 9.17) is 0 Å². The molecule has 1 amide bonds. The molecule has 0 atom stereocenters. The average molecular weight is 296 g/mol. The highest BCUT2D eigenvalue weighted by Gasteiger charge is 2.19. The highest BCUT2D eigenvalue weighted by Crippen LogP contribution is 2.21. The fourth-order valence-electron chi connectivity index (χ4n) is 2.62. The Labute approximate surface area is 130 Å². The molecule has 1 aliphatic rings. The summed E-state index contributed by atoms with van der Waals surface area (Å²) in [6.07, 6.45) is 3.54. The lowest BCUT2D eigenvalue weighted by Crippen LogP contribution is -2.32. The topological polar surface area (TPSA) is 58.1 Å². The predicted octanol–water partition coefficient (Wildman–Crippen LogP) is 2.18. The highest BCUT2D eigenvalue weighted by molar-refractivity contribution is 5.92. The van der Waals surface area contributed by atoms with Gasteiger partial charge in [-0.3, -0.25) is 4.79 Å². The first-order valence-corrected chi connectivity index (χ1v) is 7.71. The fourth-order valence-corrected chi connectivity index (χ4v) is 2.62. The second-order valence-electron chi connectivity index (χ2n) is 5.44. The summed E-state index contributed by atoms with van der Waals surface area (Å²) in [6.45, 7) is 4.35. The zero-order valence-corrected chi connectivity index (χ0v) is 12.7. The van der Waals surface area contributed by atoms with E-state index in [1.54, 1.807) is 12.3 Å². The van der Waals surface area contributed by atoms with E-state index in [1.807, 2.05) is 6.92 Å². The molecule has 5 nitrogen and oxygen atoms in total. The maximum atomic E-state index is 12.0. The number of amides is 1. The Bertz CT molecular complexity index is 671. The minimum absolute atomic E-state index is 0.136. The number of hydrogen-bond acceptors (Lipinski definition) is 4. The maximum absolute atomic E-state index is 12.0. The lowest BCUT2D eigenvalue weighted by molar-refractivity contribution is 0.0948. The number of fused-ring (bicyclic) bond motifs is 1. The quantitative estimate of drug-likeness (QED) is 0.939. The maximum Gasteiger partial charge on any atom is 0.270 e. The predicted molar refractivity (Wildman–Crippen MR) is 85.9 cm³/mol. The van der Waals surface area contributed by atoms with Crippen LogP contribution in [0.4, 0.5) is 5.95 Å². The smallest absolute Gasteiger partial charge is 0.270 e. The normalized spacial score (nSPS) is 13.6. The van der Waals surface area contributed by atoms with E-state index in [0.717, 1.165) is 25.9 Å². The molecule has 0 spiro atoms. The summed E-state index contributed by atoms with van der Waals surface area (Å²) in [6, 6.07) is 10.1. The van der Waals surface area contributed by atoms with Gasteiger partial charge in [-0.25, -0.2) is 9.97 Å². The molecule has 2 aromatic rings. The summed E-state index contributed by atoms with van der Waals surface area (Å²) in [7, 11) is 0. The zero-order chi connectivity index (χ0) is 15.4. The van der Waals surface area contributed by atoms with Crippen molar-refractivity contribution in [3.05, 3.63) is 53.3 Å². The molecule has 0 unspecified atom stereocenters. The number of hydrogen-bond donors (Lipinski definition) is 1. The van der Waals surface area contributed by atoms with Crippen LogP contribution in [0.25, 0.3) is 0 Å². The number of nitrogens with one attached hydrogen (secondary N) is 1. The van der Waals surface area contributed by atoms with Crippen LogP contribution in [-0.4, -0.2) is 29.0 Å². The van der Waals surface area contributed by atoms with Gasteiger partial charge >= 0.3 is 0 Å². The molecule has 114 valence electrons. The van der Waals surface area contributed by atoms with E-state index in [-0.39, 0.29) is 5.91 Å². The summed E-state index contributed by atoms with van der Waals surface area (Å²) in [4.78, 5) is 22.9. The molecular weight excluding hydrogens is 276 g/mol. The number of benzene rings is 1. The fraction of sp³-hybridized carbons (Fsp3) is 0.353. The Morgan fingerprint density at radius 1 is 1.27 bits per heavy atom. The molecule has 3 rings (SSSR count). The zero-order valence-electron chi connectivity index (χ0n) is 12.7. The average Bonchev–Trinajstić information content (AvgIpc) is 2.59. The van der Waals surface area contributed by atoms with E-state index in [2.05, 4.69) is 44.5 Å². The monoisotopic (exact) mass is 296 g/mol. The second-order valence-corrected chi connectivity index (χ2v) is 5.44. The number of carbonyl (C=O) groups is 1. The van der Waals surface area contributed by atoms with Gasteiger partial charge in [-0.05, 0) is 30.0 Å². The summed E-state index contributed by atoms with van der Waals surface area (Å²) in [5, 5.41) is 2.85. The van der Waals surface area contributed by atoms with Crippen molar-refractivity contribution in [2.45, 2.75) is 26.3 Å². The van der Waals surface area contributed by atoms with E-state index < -0.39 is 0 Å². The summed E-state index contributed by atoms with van der Waals surface area (Å²) < 4.78 is 0. The Morgan fingerprint density at radius 2 is 2.09 bits per heavy atom. The van der Waals surface area contributed by atoms with Crippen molar-refractivity contribution in [3.63, 3.8) is 0 Å². The number of aromatic nitrogens is 2. The van der Waals surface area contributed by atoms with Gasteiger partial charge in [-0.15, -0.1) is 0 Å². The van der Waals surface area contributed by atoms with Gasteiger partial charge in [0.15, 0.2) is 0 Å². The van der Waals surface area contributed by atoms with Crippen LogP contribution in [0.1, 0.15) is 35.0 Å². The molecule has 1 aromatic carbocycles. The van der Waals surface area contributed by atoms with Crippen molar-refractivity contribution in [2.24, 2.45) is 0 Å². The number of anilines is 1. The van der Waals surface area contributed by atoms with Gasteiger partial charge in [0.25, 0.3) is 5.91 Å². The van der Waals surface area contributed by atoms with Gasteiger partial charge in [-0.2, -0.15) is 0 Å². The minimum atomic E-state index is -0.136. The van der Waals surface area contributed by atoms with Crippen LogP contribution in [0.15, 0.2) is 36.5 Å². The largest absolute Gasteiger partial charge is 0.351 e. The van der Waals surface area contributed by atoms with E-state index in [9.17, 15) is 4.79 Å². The van der Waals surface area contributed by atoms with Crippen molar-refractivity contribution in [2.75, 3.05) is 18.0 Å². The number of carbonyl (C=O) groups excluding carboxylic acids is 1. The molecule has 1 aromatic heterocycles. The number of rotatable bonds is 4. The summed E-state index contributed by atoms with van der Waals surface area (Å²) in [5.74, 6) is 0.488. The van der Waals surface area contributed by atoms with Crippen molar-refractivity contribution < 1.29 is 4.79 Å². The highest BCUT2D eigenvalue weighted by atomic mass is 16.1. The number of nitrogens with zero attached hydrogens (tertiary/aromatic N) is 3. The van der Waals surface area contributed by atoms with Gasteiger partial charge in [-0.1, -0.05) is 31.2 Å². The molecule has 5 heteroatoms. The Morgan fingerprint density at radius 3 is 2.91 bits per heavy atom. The molecule has 0 aliphatic carbocycles. The Hall–Kier alpha value is -2.43. The molecule has 2 heterocycles.